The monoisotopic (exact) mass is 945 g/mol. The summed E-state index contributed by atoms with van der Waals surface area (Å²) < 4.78 is 14.3. The predicted octanol–water partition coefficient (Wildman–Crippen LogP) is 5.29. The molecule has 0 saturated carbocycles. The Hall–Kier alpha value is -5.84. The van der Waals surface area contributed by atoms with Gasteiger partial charge in [-0.25, -0.2) is 5.43 Å². The first kappa shape index (κ1) is 48.2. The molecular weight excluding hydrogens is 877 g/mol. The molecule has 4 aromatic rings. The second-order valence-corrected chi connectivity index (χ2v) is 21.1. The number of likely N-dealkylation sites (tertiary alicyclic amines) is 2. The SMILES string of the molecule is CCn1c(-c2cccnc2[C@H](C)OC)c2c3cc(ccc31)-c1cc(O)cc(c1)C[C@H](NC(=O)C(C(C)C)N1CC[C@]3(CCCN(C(=O)[C@H]4CN4)C3)C1=O)C(=O)N1CCC[C@H](N1)C(=O)OCC(C)(C)C2. The maximum absolute atomic E-state index is 14.9. The molecule has 2 aromatic heterocycles. The number of amides is 4. The summed E-state index contributed by atoms with van der Waals surface area (Å²) in [6.07, 6.45) is 4.89. The summed E-state index contributed by atoms with van der Waals surface area (Å²) in [6, 6.07) is 12.5. The summed E-state index contributed by atoms with van der Waals surface area (Å²) in [7, 11) is 1.68. The second kappa shape index (κ2) is 19.2. The number of nitrogens with zero attached hydrogens (tertiary/aromatic N) is 5. The number of pyridine rings is 1. The number of phenols is 1. The Morgan fingerprint density at radius 2 is 1.81 bits per heavy atom. The van der Waals surface area contributed by atoms with Crippen LogP contribution in [-0.4, -0.2) is 130 Å². The number of nitrogens with one attached hydrogen (secondary N) is 3. The first-order chi connectivity index (χ1) is 33.0. The number of hydrogen-bond donors (Lipinski definition) is 4. The van der Waals surface area contributed by atoms with Crippen LogP contribution in [0.2, 0.25) is 0 Å². The Morgan fingerprint density at radius 3 is 2.55 bits per heavy atom. The van der Waals surface area contributed by atoms with E-state index in [9.17, 15) is 29.1 Å². The third-order valence-corrected chi connectivity index (χ3v) is 15.1. The molecule has 1 spiro atoms. The van der Waals surface area contributed by atoms with E-state index in [1.807, 2.05) is 39.0 Å². The van der Waals surface area contributed by atoms with E-state index < -0.39 is 46.7 Å². The smallest absolute Gasteiger partial charge is 0.324 e. The van der Waals surface area contributed by atoms with Gasteiger partial charge in [0.1, 0.15) is 23.9 Å². The van der Waals surface area contributed by atoms with Gasteiger partial charge in [0.25, 0.3) is 5.91 Å². The minimum atomic E-state index is -1.15. The number of rotatable bonds is 9. The van der Waals surface area contributed by atoms with E-state index in [0.717, 1.165) is 44.5 Å². The van der Waals surface area contributed by atoms with Crippen molar-refractivity contribution >= 4 is 40.5 Å². The Balaban J connectivity index is 1.09. The molecule has 368 valence electrons. The number of cyclic esters (lactones) is 1. The molecule has 2 aromatic carbocycles. The molecule has 4 amide bonds. The van der Waals surface area contributed by atoms with Crippen LogP contribution in [0.3, 0.4) is 0 Å². The van der Waals surface area contributed by atoms with Crippen molar-refractivity contribution in [1.29, 1.82) is 0 Å². The quantitative estimate of drug-likeness (QED) is 0.126. The molecule has 69 heavy (non-hydrogen) atoms. The van der Waals surface area contributed by atoms with Crippen LogP contribution in [0.25, 0.3) is 33.3 Å². The summed E-state index contributed by atoms with van der Waals surface area (Å²) in [4.78, 5) is 79.6. The highest BCUT2D eigenvalue weighted by molar-refractivity contribution is 5.97. The van der Waals surface area contributed by atoms with Crippen molar-refractivity contribution in [2.45, 2.75) is 123 Å². The van der Waals surface area contributed by atoms with Gasteiger partial charge in [-0.15, -0.1) is 0 Å². The van der Waals surface area contributed by atoms with Crippen molar-refractivity contribution in [3.63, 3.8) is 0 Å². The van der Waals surface area contributed by atoms with Gasteiger partial charge in [-0.1, -0.05) is 39.8 Å². The molecule has 16 heteroatoms. The standard InChI is InChI=1S/C53H68N8O8/c1-8-59-43-15-14-34-26-38(43)39(46(59)37-12-9-18-54-44(37)32(4)68-7)27-52(5,6)30-69-50(66)40-13-10-20-61(57-40)49(65)41(24-33-22-35(34)25-36(62)23-33)56-47(63)45(31(2)3)60-21-17-53(51(60)67)16-11-19-58(29-53)48(64)42-28-55-42/h9,12,14-15,18,22-23,25-26,31-32,40-42,45,55,57,62H,8,10-11,13,16-17,19-21,24,27-30H2,1-7H3,(H,56,63)/t32-,40-,41-,42+,45?,53-/m0/s1. The van der Waals surface area contributed by atoms with Crippen molar-refractivity contribution < 1.29 is 38.6 Å². The van der Waals surface area contributed by atoms with Crippen molar-refractivity contribution in [3.05, 3.63) is 71.5 Å². The largest absolute Gasteiger partial charge is 0.508 e. The summed E-state index contributed by atoms with van der Waals surface area (Å²) in [6.45, 7) is 15.0. The van der Waals surface area contributed by atoms with Crippen molar-refractivity contribution in [2.24, 2.45) is 16.7 Å². The number of carbonyl (C=O) groups excluding carboxylic acids is 5. The van der Waals surface area contributed by atoms with Gasteiger partial charge in [-0.05, 0) is 117 Å². The fourth-order valence-corrected chi connectivity index (χ4v) is 11.4. The lowest BCUT2D eigenvalue weighted by Gasteiger charge is -2.40. The first-order valence-corrected chi connectivity index (χ1v) is 24.9. The third kappa shape index (κ3) is 9.47. The Kier molecular flexibility index (Phi) is 13.4. The normalized spacial score (nSPS) is 24.9. The summed E-state index contributed by atoms with van der Waals surface area (Å²) in [5, 5.41) is 20.0. The van der Waals surface area contributed by atoms with Crippen molar-refractivity contribution in [3.8, 4) is 28.1 Å². The topological polar surface area (TPSA) is 198 Å². The van der Waals surface area contributed by atoms with Crippen molar-refractivity contribution in [2.75, 3.05) is 46.4 Å². The number of esters is 1. The molecule has 0 radical (unpaired) electrons. The highest BCUT2D eigenvalue weighted by Crippen LogP contribution is 2.44. The molecule has 6 bridgehead atoms. The molecule has 5 aliphatic rings. The molecule has 4 fully saturated rings. The number of methoxy groups -OCH3 is 1. The van der Waals surface area contributed by atoms with E-state index in [1.165, 1.54) is 5.01 Å². The lowest BCUT2D eigenvalue weighted by Crippen LogP contribution is -2.62. The second-order valence-electron chi connectivity index (χ2n) is 21.1. The van der Waals surface area contributed by atoms with Gasteiger partial charge >= 0.3 is 5.97 Å². The average Bonchev–Trinajstić information content (AvgIpc) is 4.10. The molecule has 7 heterocycles. The Labute approximate surface area is 404 Å². The summed E-state index contributed by atoms with van der Waals surface area (Å²) >= 11 is 0. The number of piperidine rings is 1. The van der Waals surface area contributed by atoms with Crippen LogP contribution < -0.4 is 16.1 Å². The van der Waals surface area contributed by atoms with Gasteiger partial charge in [0, 0.05) is 80.9 Å². The van der Waals surface area contributed by atoms with Crippen LogP contribution in [0.4, 0.5) is 0 Å². The summed E-state index contributed by atoms with van der Waals surface area (Å²) in [5.41, 5.74) is 8.87. The number of aromatic nitrogens is 2. The van der Waals surface area contributed by atoms with Gasteiger partial charge < -0.3 is 39.6 Å². The maximum atomic E-state index is 14.9. The number of fused-ring (bicyclic) bond motifs is 6. The molecule has 4 N–H and O–H groups in total. The number of phenolic OH excluding ortho intramolecular Hbond substituents is 1. The minimum absolute atomic E-state index is 0.000607. The van der Waals surface area contributed by atoms with Gasteiger partial charge in [0.05, 0.1) is 35.6 Å². The number of hydrazine groups is 1. The Bertz CT molecular complexity index is 2660. The predicted molar refractivity (Wildman–Crippen MR) is 260 cm³/mol. The van der Waals surface area contributed by atoms with E-state index in [4.69, 9.17) is 14.5 Å². The van der Waals surface area contributed by atoms with E-state index in [0.29, 0.717) is 76.8 Å². The summed E-state index contributed by atoms with van der Waals surface area (Å²) in [5.74, 6) is -1.82. The number of aryl methyl sites for hydroxylation is 1. The van der Waals surface area contributed by atoms with E-state index >= 15 is 0 Å². The molecule has 16 nitrogen and oxygen atoms in total. The van der Waals surface area contributed by atoms with E-state index in [2.05, 4.69) is 59.6 Å². The fraction of sp³-hybridized carbons (Fsp3) is 0.547. The highest BCUT2D eigenvalue weighted by atomic mass is 16.5. The minimum Gasteiger partial charge on any atom is -0.508 e. The first-order valence-electron chi connectivity index (χ1n) is 24.9. The van der Waals surface area contributed by atoms with Crippen LogP contribution in [0, 0.1) is 16.7 Å². The molecular formula is C53H68N8O8. The van der Waals surface area contributed by atoms with Crippen LogP contribution >= 0.6 is 0 Å². The zero-order valence-corrected chi connectivity index (χ0v) is 41.1. The lowest BCUT2D eigenvalue weighted by molar-refractivity contribution is -0.155. The van der Waals surface area contributed by atoms with Crippen LogP contribution in [-0.2, 0) is 52.8 Å². The maximum Gasteiger partial charge on any atom is 0.324 e. The molecule has 4 saturated heterocycles. The van der Waals surface area contributed by atoms with Gasteiger partial charge in [-0.3, -0.25) is 34.0 Å². The lowest BCUT2D eigenvalue weighted by atomic mass is 9.78. The van der Waals surface area contributed by atoms with E-state index in [-0.39, 0.29) is 55.2 Å². The number of ether oxygens (including phenoxy) is 2. The van der Waals surface area contributed by atoms with Crippen LogP contribution in [0.5, 0.6) is 5.75 Å². The Morgan fingerprint density at radius 1 is 1.01 bits per heavy atom. The van der Waals surface area contributed by atoms with Crippen molar-refractivity contribution in [1.82, 2.24) is 40.4 Å². The zero-order valence-electron chi connectivity index (χ0n) is 41.1. The number of benzene rings is 2. The number of carbonyl (C=O) groups is 5. The third-order valence-electron chi connectivity index (χ3n) is 15.1. The van der Waals surface area contributed by atoms with E-state index in [1.54, 1.807) is 35.2 Å². The van der Waals surface area contributed by atoms with Gasteiger partial charge in [0.2, 0.25) is 17.7 Å². The zero-order chi connectivity index (χ0) is 48.9. The molecule has 6 atom stereocenters. The van der Waals surface area contributed by atoms with Crippen LogP contribution in [0.15, 0.2) is 54.7 Å². The fourth-order valence-electron chi connectivity index (χ4n) is 11.4. The molecule has 5 aliphatic heterocycles. The highest BCUT2D eigenvalue weighted by Gasteiger charge is 2.53. The van der Waals surface area contributed by atoms with Crippen LogP contribution in [0.1, 0.15) is 96.6 Å². The molecule has 1 unspecified atom stereocenters. The average molecular weight is 945 g/mol. The van der Waals surface area contributed by atoms with Gasteiger partial charge in [0.15, 0.2) is 0 Å². The number of aromatic hydroxyl groups is 1. The molecule has 0 aliphatic carbocycles. The van der Waals surface area contributed by atoms with Gasteiger partial charge in [-0.2, -0.15) is 0 Å². The molecule has 9 rings (SSSR count). The number of hydrogen-bond acceptors (Lipinski definition) is 11.